The molecule has 42 heavy (non-hydrogen) atoms. The van der Waals surface area contributed by atoms with Gasteiger partial charge < -0.3 is 14.4 Å². The predicted octanol–water partition coefficient (Wildman–Crippen LogP) is 6.93. The number of halogens is 1. The molecule has 0 bridgehead atoms. The van der Waals surface area contributed by atoms with Crippen LogP contribution in [0.2, 0.25) is 5.02 Å². The van der Waals surface area contributed by atoms with Crippen molar-refractivity contribution in [2.45, 2.75) is 25.8 Å². The second kappa shape index (κ2) is 13.2. The van der Waals surface area contributed by atoms with Crippen LogP contribution < -0.4 is 5.43 Å². The van der Waals surface area contributed by atoms with Crippen LogP contribution >= 0.6 is 11.6 Å². The zero-order valence-corrected chi connectivity index (χ0v) is 23.8. The molecule has 0 radical (unpaired) electrons. The quantitative estimate of drug-likeness (QED) is 0.138. The van der Waals surface area contributed by atoms with Crippen LogP contribution in [0.3, 0.4) is 0 Å². The van der Waals surface area contributed by atoms with Gasteiger partial charge in [0.1, 0.15) is 11.5 Å². The third-order valence-electron chi connectivity index (χ3n) is 7.15. The minimum absolute atomic E-state index is 0.00113. The maximum atomic E-state index is 13.8. The van der Waals surface area contributed by atoms with E-state index >= 15 is 0 Å². The lowest BCUT2D eigenvalue weighted by molar-refractivity contribution is -0.133. The van der Waals surface area contributed by atoms with E-state index in [1.54, 1.807) is 12.5 Å². The molecule has 0 aliphatic carbocycles. The Morgan fingerprint density at radius 1 is 0.976 bits per heavy atom. The summed E-state index contributed by atoms with van der Waals surface area (Å²) in [6.07, 6.45) is 4.07. The van der Waals surface area contributed by atoms with Crippen LogP contribution in [-0.4, -0.2) is 34.6 Å². The van der Waals surface area contributed by atoms with Gasteiger partial charge in [0.25, 0.3) is 5.91 Å². The standard InChI is InChI=1S/C34H30ClN3O4/c1-2-38(30(32-13-8-18-42-32)19-23-9-4-3-5-10-23)33(40)21-24-14-15-26(28-12-7-6-11-27(24)28)22-36-37-34(41)25-16-17-31(39)29(35)20-25/h3-18,20,22,30,39H,2,19,21H2,1H3,(H,37,41). The SMILES string of the molecule is CCN(C(=O)Cc1ccc(C=NNC(=O)c2ccc(O)c(Cl)c2)c2ccccc12)C(Cc1ccccc1)c1ccco1. The van der Waals surface area contributed by atoms with E-state index in [1.165, 1.54) is 18.2 Å². The van der Waals surface area contributed by atoms with Crippen molar-refractivity contribution in [1.29, 1.82) is 0 Å². The number of hydrazone groups is 1. The van der Waals surface area contributed by atoms with E-state index in [9.17, 15) is 14.7 Å². The number of carbonyl (C=O) groups excluding carboxylic acids is 2. The highest BCUT2D eigenvalue weighted by atomic mass is 35.5. The van der Waals surface area contributed by atoms with Gasteiger partial charge in [0, 0.05) is 24.1 Å². The number of amides is 2. The van der Waals surface area contributed by atoms with Crippen molar-refractivity contribution in [1.82, 2.24) is 10.3 Å². The Morgan fingerprint density at radius 2 is 1.74 bits per heavy atom. The second-order valence-corrected chi connectivity index (χ2v) is 10.2. The molecular weight excluding hydrogens is 550 g/mol. The molecule has 7 nitrogen and oxygen atoms in total. The molecule has 0 fully saturated rings. The number of nitrogens with one attached hydrogen (secondary N) is 1. The molecule has 0 saturated carbocycles. The molecule has 1 unspecified atom stereocenters. The first-order valence-electron chi connectivity index (χ1n) is 13.6. The van der Waals surface area contributed by atoms with Gasteiger partial charge in [-0.1, -0.05) is 78.3 Å². The number of phenolic OH excluding ortho intramolecular Hbond substituents is 1. The molecule has 0 spiro atoms. The van der Waals surface area contributed by atoms with Crippen molar-refractivity contribution in [3.63, 3.8) is 0 Å². The fraction of sp³-hybridized carbons (Fsp3) is 0.147. The summed E-state index contributed by atoms with van der Waals surface area (Å²) in [4.78, 5) is 28.2. The van der Waals surface area contributed by atoms with E-state index in [0.29, 0.717) is 13.0 Å². The fourth-order valence-electron chi connectivity index (χ4n) is 5.04. The molecule has 1 atom stereocenters. The fourth-order valence-corrected chi connectivity index (χ4v) is 5.22. The summed E-state index contributed by atoms with van der Waals surface area (Å²) < 4.78 is 5.77. The topological polar surface area (TPSA) is 95.1 Å². The number of carbonyl (C=O) groups is 2. The molecule has 1 heterocycles. The Kier molecular flexibility index (Phi) is 8.99. The van der Waals surface area contributed by atoms with Gasteiger partial charge in [-0.25, -0.2) is 5.43 Å². The number of nitrogens with zero attached hydrogens (tertiary/aromatic N) is 2. The monoisotopic (exact) mass is 579 g/mol. The average Bonchev–Trinajstić information content (AvgIpc) is 3.55. The normalized spacial score (nSPS) is 12.0. The molecule has 0 saturated heterocycles. The summed E-state index contributed by atoms with van der Waals surface area (Å²) in [5.74, 6) is 0.195. The van der Waals surface area contributed by atoms with Crippen LogP contribution in [-0.2, 0) is 17.6 Å². The van der Waals surface area contributed by atoms with E-state index in [4.69, 9.17) is 16.0 Å². The second-order valence-electron chi connectivity index (χ2n) is 9.80. The zero-order chi connectivity index (χ0) is 29.5. The number of phenols is 1. The van der Waals surface area contributed by atoms with Gasteiger partial charge in [0.05, 0.1) is 30.0 Å². The highest BCUT2D eigenvalue weighted by Crippen LogP contribution is 2.29. The molecule has 212 valence electrons. The van der Waals surface area contributed by atoms with Gasteiger partial charge in [-0.05, 0) is 59.2 Å². The van der Waals surface area contributed by atoms with Gasteiger partial charge in [-0.15, -0.1) is 0 Å². The van der Waals surface area contributed by atoms with Crippen molar-refractivity contribution in [2.24, 2.45) is 5.10 Å². The molecule has 1 aromatic heterocycles. The van der Waals surface area contributed by atoms with Crippen LogP contribution in [0.4, 0.5) is 0 Å². The van der Waals surface area contributed by atoms with E-state index in [0.717, 1.165) is 33.2 Å². The minimum Gasteiger partial charge on any atom is -0.506 e. The van der Waals surface area contributed by atoms with E-state index in [2.05, 4.69) is 22.7 Å². The number of aromatic hydroxyl groups is 1. The van der Waals surface area contributed by atoms with Gasteiger partial charge in [-0.2, -0.15) is 5.10 Å². The first-order chi connectivity index (χ1) is 20.4. The molecule has 0 aliphatic heterocycles. The summed E-state index contributed by atoms with van der Waals surface area (Å²) in [7, 11) is 0. The van der Waals surface area contributed by atoms with E-state index < -0.39 is 5.91 Å². The number of benzene rings is 4. The smallest absolute Gasteiger partial charge is 0.271 e. The minimum atomic E-state index is -0.457. The third-order valence-corrected chi connectivity index (χ3v) is 7.45. The zero-order valence-electron chi connectivity index (χ0n) is 23.0. The Balaban J connectivity index is 1.36. The maximum Gasteiger partial charge on any atom is 0.271 e. The number of likely N-dealkylation sites (N-methyl/N-ethyl adjacent to an activating group) is 1. The molecule has 5 aromatic rings. The molecule has 5 rings (SSSR count). The summed E-state index contributed by atoms with van der Waals surface area (Å²) in [5, 5.41) is 15.6. The lowest BCUT2D eigenvalue weighted by atomic mass is 9.97. The molecular formula is C34H30ClN3O4. The highest BCUT2D eigenvalue weighted by molar-refractivity contribution is 6.32. The average molecular weight is 580 g/mol. The molecule has 8 heteroatoms. The first kappa shape index (κ1) is 28.6. The molecule has 4 aromatic carbocycles. The van der Waals surface area contributed by atoms with Crippen LogP contribution in [0, 0.1) is 0 Å². The van der Waals surface area contributed by atoms with Crippen molar-refractivity contribution in [2.75, 3.05) is 6.54 Å². The molecule has 2 N–H and O–H groups in total. The van der Waals surface area contributed by atoms with Crippen LogP contribution in [0.5, 0.6) is 5.75 Å². The number of hydrogen-bond acceptors (Lipinski definition) is 5. The van der Waals surface area contributed by atoms with Gasteiger partial charge >= 0.3 is 0 Å². The summed E-state index contributed by atoms with van der Waals surface area (Å²) in [5.41, 5.74) is 5.57. The highest BCUT2D eigenvalue weighted by Gasteiger charge is 2.27. The van der Waals surface area contributed by atoms with Gasteiger partial charge in [0.2, 0.25) is 5.91 Å². The van der Waals surface area contributed by atoms with Crippen molar-refractivity contribution >= 4 is 40.4 Å². The number of rotatable bonds is 10. The van der Waals surface area contributed by atoms with Crippen LogP contribution in [0.25, 0.3) is 10.8 Å². The van der Waals surface area contributed by atoms with Gasteiger partial charge in [-0.3, -0.25) is 9.59 Å². The predicted molar refractivity (Wildman–Crippen MR) is 165 cm³/mol. The summed E-state index contributed by atoms with van der Waals surface area (Å²) >= 11 is 5.91. The van der Waals surface area contributed by atoms with Crippen LogP contribution in [0.1, 0.15) is 45.8 Å². The summed E-state index contributed by atoms with van der Waals surface area (Å²) in [6, 6.07) is 29.4. The van der Waals surface area contributed by atoms with Crippen LogP contribution in [0.15, 0.2) is 113 Å². The van der Waals surface area contributed by atoms with Crippen molar-refractivity contribution in [3.8, 4) is 5.75 Å². The summed E-state index contributed by atoms with van der Waals surface area (Å²) in [6.45, 7) is 2.52. The number of hydrogen-bond donors (Lipinski definition) is 2. The Labute approximate surface area is 249 Å². The lowest BCUT2D eigenvalue weighted by Crippen LogP contribution is -2.36. The largest absolute Gasteiger partial charge is 0.506 e. The lowest BCUT2D eigenvalue weighted by Gasteiger charge is -2.30. The van der Waals surface area contributed by atoms with Gasteiger partial charge in [0.15, 0.2) is 0 Å². The van der Waals surface area contributed by atoms with E-state index in [1.807, 2.05) is 78.6 Å². The number of furan rings is 1. The molecule has 2 amide bonds. The Hall–Kier alpha value is -4.88. The number of fused-ring (bicyclic) bond motifs is 1. The van der Waals surface area contributed by atoms with E-state index in [-0.39, 0.29) is 34.7 Å². The maximum absolute atomic E-state index is 13.8. The Bertz CT molecular complexity index is 1720. The molecule has 0 aliphatic rings. The first-order valence-corrected chi connectivity index (χ1v) is 14.0. The van der Waals surface area contributed by atoms with Crippen molar-refractivity contribution < 1.29 is 19.1 Å². The Morgan fingerprint density at radius 3 is 2.45 bits per heavy atom. The third kappa shape index (κ3) is 6.53. The van der Waals surface area contributed by atoms with Crippen molar-refractivity contribution in [3.05, 3.63) is 136 Å².